The van der Waals surface area contributed by atoms with Gasteiger partial charge in [0, 0.05) is 13.1 Å². The molecule has 3 N–H and O–H groups in total. The molecule has 1 heterocycles. The molecule has 20 heavy (non-hydrogen) atoms. The van der Waals surface area contributed by atoms with Crippen LogP contribution in [0.25, 0.3) is 0 Å². The molecule has 0 saturated carbocycles. The zero-order valence-electron chi connectivity index (χ0n) is 10.6. The fourth-order valence-corrected chi connectivity index (χ4v) is 3.59. The average molecular weight is 301 g/mol. The van der Waals surface area contributed by atoms with Crippen LogP contribution in [0.15, 0.2) is 28.9 Å². The number of hydrogen-bond acceptors (Lipinski definition) is 5. The van der Waals surface area contributed by atoms with Gasteiger partial charge >= 0.3 is 6.03 Å². The van der Waals surface area contributed by atoms with E-state index in [0.29, 0.717) is 11.4 Å². The first-order valence-corrected chi connectivity index (χ1v) is 7.50. The van der Waals surface area contributed by atoms with E-state index in [1.165, 1.54) is 18.2 Å². The number of allylic oxidation sites excluding steroid dienone is 1. The molecule has 0 aromatic carbocycles. The quantitative estimate of drug-likeness (QED) is 0.557. The van der Waals surface area contributed by atoms with Crippen molar-refractivity contribution in [2.45, 2.75) is 5.25 Å². The molecule has 110 valence electrons. The predicted octanol–water partition coefficient (Wildman–Crippen LogP) is -1.41. The summed E-state index contributed by atoms with van der Waals surface area (Å²) >= 11 is 0. The standard InChI is InChI=1S/C11H15N3O5S/c15-5-3-14(4-6-16)20(18,19)8-1-2-9-10(7-8)13-11(17)12-9/h1-2,7-8,15-16H,3-6H2,(H,13,17). The molecule has 1 atom stereocenters. The van der Waals surface area contributed by atoms with Crippen molar-refractivity contribution in [3.63, 3.8) is 0 Å². The zero-order valence-corrected chi connectivity index (χ0v) is 11.4. The van der Waals surface area contributed by atoms with Gasteiger partial charge < -0.3 is 15.5 Å². The van der Waals surface area contributed by atoms with Gasteiger partial charge in [-0.3, -0.25) is 0 Å². The van der Waals surface area contributed by atoms with Gasteiger partial charge in [-0.1, -0.05) is 6.08 Å². The minimum Gasteiger partial charge on any atom is -0.395 e. The van der Waals surface area contributed by atoms with Crippen LogP contribution in [0.5, 0.6) is 0 Å². The number of nitrogens with one attached hydrogen (secondary N) is 1. The van der Waals surface area contributed by atoms with Crippen molar-refractivity contribution in [2.24, 2.45) is 4.99 Å². The van der Waals surface area contributed by atoms with E-state index in [-0.39, 0.29) is 26.3 Å². The fourth-order valence-electron chi connectivity index (χ4n) is 1.98. The number of aliphatic hydroxyl groups is 2. The van der Waals surface area contributed by atoms with Gasteiger partial charge in [0.05, 0.1) is 24.6 Å². The highest BCUT2D eigenvalue weighted by molar-refractivity contribution is 7.90. The van der Waals surface area contributed by atoms with Crippen LogP contribution in [0.3, 0.4) is 0 Å². The number of sulfonamides is 1. The molecule has 0 spiro atoms. The van der Waals surface area contributed by atoms with Crippen molar-refractivity contribution in [2.75, 3.05) is 26.3 Å². The van der Waals surface area contributed by atoms with Gasteiger partial charge in [0.15, 0.2) is 0 Å². The molecule has 8 nitrogen and oxygen atoms in total. The van der Waals surface area contributed by atoms with Crippen LogP contribution in [0.4, 0.5) is 4.79 Å². The number of aliphatic hydroxyl groups excluding tert-OH is 2. The van der Waals surface area contributed by atoms with E-state index >= 15 is 0 Å². The van der Waals surface area contributed by atoms with Crippen molar-refractivity contribution >= 4 is 21.8 Å². The average Bonchev–Trinajstić information content (AvgIpc) is 2.77. The number of fused-ring (bicyclic) bond motifs is 1. The van der Waals surface area contributed by atoms with E-state index < -0.39 is 21.3 Å². The molecule has 9 heteroatoms. The summed E-state index contributed by atoms with van der Waals surface area (Å²) in [5.74, 6) is 0. The van der Waals surface area contributed by atoms with Gasteiger partial charge in [-0.2, -0.15) is 9.30 Å². The summed E-state index contributed by atoms with van der Waals surface area (Å²) in [4.78, 5) is 14.8. The summed E-state index contributed by atoms with van der Waals surface area (Å²) in [7, 11) is -3.76. The van der Waals surface area contributed by atoms with E-state index in [1.54, 1.807) is 0 Å². The molecule has 1 aliphatic carbocycles. The van der Waals surface area contributed by atoms with Crippen molar-refractivity contribution in [3.05, 3.63) is 23.9 Å². The normalized spacial score (nSPS) is 21.6. The molecule has 0 bridgehead atoms. The smallest absolute Gasteiger partial charge is 0.346 e. The Labute approximate surface area is 116 Å². The van der Waals surface area contributed by atoms with Crippen LogP contribution in [0.1, 0.15) is 0 Å². The van der Waals surface area contributed by atoms with Crippen LogP contribution >= 0.6 is 0 Å². The Bertz CT molecular complexity index is 587. The van der Waals surface area contributed by atoms with Crippen LogP contribution in [0.2, 0.25) is 0 Å². The minimum absolute atomic E-state index is 0.0935. The molecular formula is C11H15N3O5S. The SMILES string of the molecule is O=C1N=C2C=CC(S(=O)(=O)N(CCO)CCO)C=C2N1. The number of amides is 2. The molecule has 0 saturated heterocycles. The topological polar surface area (TPSA) is 119 Å². The molecule has 0 aromatic rings. The van der Waals surface area contributed by atoms with Gasteiger partial charge in [0.25, 0.3) is 0 Å². The van der Waals surface area contributed by atoms with Crippen LogP contribution in [-0.4, -0.2) is 66.2 Å². The first-order chi connectivity index (χ1) is 9.48. The Morgan fingerprint density at radius 3 is 2.55 bits per heavy atom. The molecule has 1 unspecified atom stereocenters. The third-order valence-electron chi connectivity index (χ3n) is 2.92. The first-order valence-electron chi connectivity index (χ1n) is 6.00. The highest BCUT2D eigenvalue weighted by Crippen LogP contribution is 2.20. The maximum atomic E-state index is 12.4. The van der Waals surface area contributed by atoms with Gasteiger partial charge in [-0.05, 0) is 12.2 Å². The van der Waals surface area contributed by atoms with Crippen LogP contribution in [-0.2, 0) is 10.0 Å². The number of hydrogen-bond donors (Lipinski definition) is 3. The van der Waals surface area contributed by atoms with Crippen LogP contribution < -0.4 is 5.32 Å². The third-order valence-corrected chi connectivity index (χ3v) is 4.98. The van der Waals surface area contributed by atoms with E-state index in [9.17, 15) is 13.2 Å². The largest absolute Gasteiger partial charge is 0.395 e. The van der Waals surface area contributed by atoms with Crippen molar-refractivity contribution in [3.8, 4) is 0 Å². The summed E-state index contributed by atoms with van der Waals surface area (Å²) < 4.78 is 25.8. The Kier molecular flexibility index (Phi) is 4.33. The number of urea groups is 1. The Balaban J connectivity index is 2.25. The van der Waals surface area contributed by atoms with E-state index in [4.69, 9.17) is 10.2 Å². The molecule has 0 radical (unpaired) electrons. The second kappa shape index (κ2) is 5.83. The lowest BCUT2D eigenvalue weighted by molar-refractivity contribution is 0.217. The predicted molar refractivity (Wildman–Crippen MR) is 71.6 cm³/mol. The second-order valence-electron chi connectivity index (χ2n) is 4.22. The maximum absolute atomic E-state index is 12.4. The summed E-state index contributed by atoms with van der Waals surface area (Å²) in [6.07, 6.45) is 4.27. The van der Waals surface area contributed by atoms with Crippen molar-refractivity contribution in [1.82, 2.24) is 9.62 Å². The maximum Gasteiger partial charge on any atom is 0.346 e. The Morgan fingerprint density at radius 2 is 1.95 bits per heavy atom. The van der Waals surface area contributed by atoms with Gasteiger partial charge in [0.2, 0.25) is 10.0 Å². The minimum atomic E-state index is -3.76. The first kappa shape index (κ1) is 14.9. The molecule has 2 aliphatic rings. The van der Waals surface area contributed by atoms with Crippen LogP contribution in [0, 0.1) is 0 Å². The lowest BCUT2D eigenvalue weighted by Gasteiger charge is -2.24. The summed E-state index contributed by atoms with van der Waals surface area (Å²) in [5, 5.41) is 19.3. The number of aliphatic imine (C=N–C) groups is 1. The number of carbonyl (C=O) groups excluding carboxylic acids is 1. The third kappa shape index (κ3) is 2.80. The van der Waals surface area contributed by atoms with E-state index in [1.807, 2.05) is 0 Å². The van der Waals surface area contributed by atoms with Gasteiger partial charge in [0.1, 0.15) is 5.25 Å². The molecule has 2 amide bonds. The number of rotatable bonds is 6. The molecule has 0 fully saturated rings. The molecular weight excluding hydrogens is 286 g/mol. The van der Waals surface area contributed by atoms with Crippen molar-refractivity contribution in [1.29, 1.82) is 0 Å². The number of carbonyl (C=O) groups is 1. The lowest BCUT2D eigenvalue weighted by atomic mass is 10.1. The van der Waals surface area contributed by atoms with Gasteiger partial charge in [-0.25, -0.2) is 13.2 Å². The molecule has 1 aliphatic heterocycles. The van der Waals surface area contributed by atoms with Gasteiger partial charge in [-0.15, -0.1) is 0 Å². The summed E-state index contributed by atoms with van der Waals surface area (Å²) in [6, 6.07) is -0.531. The van der Waals surface area contributed by atoms with Crippen molar-refractivity contribution < 1.29 is 23.4 Å². The summed E-state index contributed by atoms with van der Waals surface area (Å²) in [5.41, 5.74) is 0.760. The van der Waals surface area contributed by atoms with E-state index in [2.05, 4.69) is 10.3 Å². The highest BCUT2D eigenvalue weighted by atomic mass is 32.2. The highest BCUT2D eigenvalue weighted by Gasteiger charge is 2.32. The monoisotopic (exact) mass is 301 g/mol. The van der Waals surface area contributed by atoms with E-state index in [0.717, 1.165) is 4.31 Å². The Morgan fingerprint density at radius 1 is 1.30 bits per heavy atom. The fraction of sp³-hybridized carbons (Fsp3) is 0.455. The second-order valence-corrected chi connectivity index (χ2v) is 6.31. The number of nitrogens with zero attached hydrogens (tertiary/aromatic N) is 2. The lowest BCUT2D eigenvalue weighted by Crippen LogP contribution is -2.41. The molecule has 0 aromatic heterocycles. The summed E-state index contributed by atoms with van der Waals surface area (Å²) in [6.45, 7) is -0.862. The molecule has 2 rings (SSSR count). The zero-order chi connectivity index (χ0) is 14.8. The Hall–Kier alpha value is -1.55.